The number of nitrogens with two attached hydrogens (primary N) is 1. The van der Waals surface area contributed by atoms with Gasteiger partial charge in [-0.25, -0.2) is 0 Å². The first kappa shape index (κ1) is 14.1. The van der Waals surface area contributed by atoms with Gasteiger partial charge < -0.3 is 10.6 Å². The highest BCUT2D eigenvalue weighted by molar-refractivity contribution is 5.93. The summed E-state index contributed by atoms with van der Waals surface area (Å²) in [6.07, 6.45) is 3.97. The van der Waals surface area contributed by atoms with Crippen LogP contribution in [0.1, 0.15) is 36.8 Å². The number of amides is 1. The highest BCUT2D eigenvalue weighted by Gasteiger charge is 2.38. The molecule has 2 rings (SSSR count). The van der Waals surface area contributed by atoms with Gasteiger partial charge in [-0.2, -0.15) is 0 Å². The molecule has 0 unspecified atom stereocenters. The minimum Gasteiger partial charge on any atom is -0.330 e. The molecule has 1 aromatic carbocycles. The zero-order chi connectivity index (χ0) is 14.0. The average Bonchev–Trinajstić information content (AvgIpc) is 2.31. The molecule has 1 saturated carbocycles. The average molecular weight is 260 g/mol. The van der Waals surface area contributed by atoms with E-state index in [1.165, 1.54) is 17.5 Å². The largest absolute Gasteiger partial charge is 0.330 e. The van der Waals surface area contributed by atoms with Gasteiger partial charge in [-0.15, -0.1) is 0 Å². The lowest BCUT2D eigenvalue weighted by molar-refractivity contribution is -0.121. The molecule has 1 aliphatic carbocycles. The van der Waals surface area contributed by atoms with Crippen LogP contribution >= 0.6 is 0 Å². The Morgan fingerprint density at radius 2 is 1.84 bits per heavy atom. The Kier molecular flexibility index (Phi) is 3.95. The van der Waals surface area contributed by atoms with Gasteiger partial charge in [0.1, 0.15) is 0 Å². The molecule has 3 nitrogen and oxygen atoms in total. The normalized spacial score (nSPS) is 16.8. The third kappa shape index (κ3) is 2.98. The van der Waals surface area contributed by atoms with E-state index in [0.717, 1.165) is 18.5 Å². The van der Waals surface area contributed by atoms with Crippen molar-refractivity contribution < 1.29 is 4.79 Å². The molecule has 0 aliphatic heterocycles. The third-order valence-corrected chi connectivity index (χ3v) is 4.34. The van der Waals surface area contributed by atoms with Crippen molar-refractivity contribution in [2.45, 2.75) is 39.5 Å². The van der Waals surface area contributed by atoms with Gasteiger partial charge in [0.05, 0.1) is 0 Å². The summed E-state index contributed by atoms with van der Waals surface area (Å²) >= 11 is 0. The first-order chi connectivity index (χ1) is 8.96. The van der Waals surface area contributed by atoms with Gasteiger partial charge in [0.2, 0.25) is 5.91 Å². The molecule has 0 heterocycles. The molecule has 1 aliphatic rings. The lowest BCUT2D eigenvalue weighted by atomic mass is 9.66. The molecule has 19 heavy (non-hydrogen) atoms. The number of benzene rings is 1. The van der Waals surface area contributed by atoms with E-state index < -0.39 is 0 Å². The van der Waals surface area contributed by atoms with Gasteiger partial charge in [0.25, 0.3) is 0 Å². The topological polar surface area (TPSA) is 46.3 Å². The van der Waals surface area contributed by atoms with Crippen molar-refractivity contribution in [2.75, 3.05) is 18.5 Å². The zero-order valence-corrected chi connectivity index (χ0v) is 12.2. The summed E-state index contributed by atoms with van der Waals surface area (Å²) < 4.78 is 0. The monoisotopic (exact) mass is 260 g/mol. The molecule has 1 amide bonds. The molecule has 1 aromatic rings. The van der Waals surface area contributed by atoms with E-state index in [9.17, 15) is 4.79 Å². The van der Waals surface area contributed by atoms with Gasteiger partial charge in [-0.05, 0) is 61.9 Å². The third-order valence-electron chi connectivity index (χ3n) is 4.34. The van der Waals surface area contributed by atoms with Crippen LogP contribution in [-0.4, -0.2) is 19.5 Å². The first-order valence-electron chi connectivity index (χ1n) is 7.01. The molecule has 0 bridgehead atoms. The van der Waals surface area contributed by atoms with Crippen molar-refractivity contribution in [1.29, 1.82) is 0 Å². The quantitative estimate of drug-likeness (QED) is 0.905. The van der Waals surface area contributed by atoms with Crippen molar-refractivity contribution >= 4 is 11.6 Å². The predicted octanol–water partition coefficient (Wildman–Crippen LogP) is 2.79. The summed E-state index contributed by atoms with van der Waals surface area (Å²) in [5, 5.41) is 0. The second-order valence-electron chi connectivity index (χ2n) is 6.03. The van der Waals surface area contributed by atoms with Gasteiger partial charge in [0.15, 0.2) is 0 Å². The fourth-order valence-corrected chi connectivity index (χ4v) is 2.86. The maximum Gasteiger partial charge on any atom is 0.227 e. The molecule has 2 N–H and O–H groups in total. The van der Waals surface area contributed by atoms with E-state index in [4.69, 9.17) is 5.73 Å². The summed E-state index contributed by atoms with van der Waals surface area (Å²) in [5.41, 5.74) is 9.26. The van der Waals surface area contributed by atoms with Crippen LogP contribution in [0.3, 0.4) is 0 Å². The van der Waals surface area contributed by atoms with Crippen LogP contribution in [0.15, 0.2) is 18.2 Å². The van der Waals surface area contributed by atoms with Crippen molar-refractivity contribution in [1.82, 2.24) is 0 Å². The van der Waals surface area contributed by atoms with Crippen molar-refractivity contribution in [3.05, 3.63) is 29.3 Å². The number of rotatable bonds is 4. The Bertz CT molecular complexity index is 452. The molecule has 0 radical (unpaired) electrons. The molecule has 0 spiro atoms. The predicted molar refractivity (Wildman–Crippen MR) is 79.3 cm³/mol. The molecule has 0 saturated heterocycles. The molecule has 0 aromatic heterocycles. The minimum absolute atomic E-state index is 0.0736. The van der Waals surface area contributed by atoms with Crippen LogP contribution in [0.5, 0.6) is 0 Å². The first-order valence-corrected chi connectivity index (χ1v) is 7.01. The molecule has 3 heteroatoms. The smallest absolute Gasteiger partial charge is 0.227 e. The minimum atomic E-state index is 0.0736. The van der Waals surface area contributed by atoms with E-state index in [0.29, 0.717) is 13.0 Å². The van der Waals surface area contributed by atoms with Crippen molar-refractivity contribution in [2.24, 2.45) is 11.1 Å². The van der Waals surface area contributed by atoms with Crippen LogP contribution in [0.2, 0.25) is 0 Å². The van der Waals surface area contributed by atoms with Crippen molar-refractivity contribution in [3.8, 4) is 0 Å². The molecular formula is C16H24N2O. The van der Waals surface area contributed by atoms with Crippen LogP contribution < -0.4 is 10.6 Å². The molecule has 104 valence electrons. The van der Waals surface area contributed by atoms with Crippen LogP contribution in [0.25, 0.3) is 0 Å². The summed E-state index contributed by atoms with van der Waals surface area (Å²) in [5.74, 6) is 0.176. The Morgan fingerprint density at radius 1 is 1.26 bits per heavy atom. The highest BCUT2D eigenvalue weighted by atomic mass is 16.2. The van der Waals surface area contributed by atoms with Crippen molar-refractivity contribution in [3.63, 3.8) is 0 Å². The summed E-state index contributed by atoms with van der Waals surface area (Å²) in [6.45, 7) is 4.74. The van der Waals surface area contributed by atoms with E-state index in [1.54, 1.807) is 4.90 Å². The summed E-state index contributed by atoms with van der Waals surface area (Å²) in [7, 11) is 1.86. The summed E-state index contributed by atoms with van der Waals surface area (Å²) in [6, 6.07) is 6.23. The van der Waals surface area contributed by atoms with Crippen LogP contribution in [-0.2, 0) is 4.79 Å². The zero-order valence-electron chi connectivity index (χ0n) is 12.2. The highest BCUT2D eigenvalue weighted by Crippen LogP contribution is 2.43. The van der Waals surface area contributed by atoms with Gasteiger partial charge in [0, 0.05) is 19.2 Å². The second-order valence-corrected chi connectivity index (χ2v) is 6.03. The number of nitrogens with zero attached hydrogens (tertiary/aromatic N) is 1. The molecule has 0 atom stereocenters. The van der Waals surface area contributed by atoms with Crippen LogP contribution in [0, 0.1) is 19.3 Å². The standard InChI is InChI=1S/C16H24N2O/c1-12-7-13(2)9-14(8-12)18(3)15(19)10-16(11-17)5-4-6-16/h7-9H,4-6,10-11,17H2,1-3H3. The van der Waals surface area contributed by atoms with E-state index in [-0.39, 0.29) is 11.3 Å². The molecule has 1 fully saturated rings. The molecular weight excluding hydrogens is 236 g/mol. The van der Waals surface area contributed by atoms with E-state index in [1.807, 2.05) is 7.05 Å². The number of carbonyl (C=O) groups is 1. The number of hydrogen-bond acceptors (Lipinski definition) is 2. The Balaban J connectivity index is 2.10. The maximum absolute atomic E-state index is 12.4. The fraction of sp³-hybridized carbons (Fsp3) is 0.562. The second kappa shape index (κ2) is 5.33. The lowest BCUT2D eigenvalue weighted by Gasteiger charge is -2.41. The van der Waals surface area contributed by atoms with E-state index >= 15 is 0 Å². The lowest BCUT2D eigenvalue weighted by Crippen LogP contribution is -2.42. The Morgan fingerprint density at radius 3 is 2.26 bits per heavy atom. The Labute approximate surface area is 115 Å². The van der Waals surface area contributed by atoms with Crippen LogP contribution in [0.4, 0.5) is 5.69 Å². The van der Waals surface area contributed by atoms with Gasteiger partial charge in [-0.3, -0.25) is 4.79 Å². The fourth-order valence-electron chi connectivity index (χ4n) is 2.86. The number of hydrogen-bond donors (Lipinski definition) is 1. The summed E-state index contributed by atoms with van der Waals surface area (Å²) in [4.78, 5) is 14.2. The maximum atomic E-state index is 12.4. The number of aryl methyl sites for hydroxylation is 2. The SMILES string of the molecule is Cc1cc(C)cc(N(C)C(=O)CC2(CN)CCC2)c1. The van der Waals surface area contributed by atoms with Gasteiger partial charge >= 0.3 is 0 Å². The number of carbonyl (C=O) groups excluding carboxylic acids is 1. The Hall–Kier alpha value is -1.35. The van der Waals surface area contributed by atoms with E-state index in [2.05, 4.69) is 32.0 Å². The van der Waals surface area contributed by atoms with Gasteiger partial charge in [-0.1, -0.05) is 12.5 Å². The number of anilines is 1.